The molecule has 5 rings (SSSR count). The van der Waals surface area contributed by atoms with Gasteiger partial charge >= 0.3 is 0 Å². The number of hydrogen-bond acceptors (Lipinski definition) is 3. The SMILES string of the molecule is CN1CCC(C2(O)c3ccccc3C=Cn3cc(-c4ccccc4)nc32)CC1. The standard InChI is InChI=1S/C24H25N3O/c1-26-14-12-20(13-15-26)24(28)21-10-6-5-7-18(21)11-16-27-17-22(25-23(24)27)19-8-3-2-4-9-19/h2-11,16-17,20,28H,12-15H2,1H3. The van der Waals surface area contributed by atoms with E-state index in [0.29, 0.717) is 0 Å². The molecule has 0 saturated carbocycles. The lowest BCUT2D eigenvalue weighted by Crippen LogP contribution is -2.44. The molecular weight excluding hydrogens is 346 g/mol. The zero-order valence-electron chi connectivity index (χ0n) is 16.1. The Kier molecular flexibility index (Phi) is 4.18. The molecule has 0 amide bonds. The molecule has 1 atom stereocenters. The smallest absolute Gasteiger partial charge is 0.151 e. The summed E-state index contributed by atoms with van der Waals surface area (Å²) in [6.07, 6.45) is 8.05. The third-order valence-electron chi connectivity index (χ3n) is 6.24. The number of benzene rings is 2. The van der Waals surface area contributed by atoms with Crippen LogP contribution in [0.15, 0.2) is 60.8 Å². The predicted octanol–water partition coefficient (Wildman–Crippen LogP) is 4.07. The van der Waals surface area contributed by atoms with Gasteiger partial charge in [-0.25, -0.2) is 4.98 Å². The van der Waals surface area contributed by atoms with Crippen LogP contribution in [0.25, 0.3) is 23.5 Å². The van der Waals surface area contributed by atoms with Crippen LogP contribution >= 0.6 is 0 Å². The molecule has 1 fully saturated rings. The lowest BCUT2D eigenvalue weighted by molar-refractivity contribution is -0.0185. The number of aromatic nitrogens is 2. The highest BCUT2D eigenvalue weighted by Gasteiger charge is 2.46. The van der Waals surface area contributed by atoms with E-state index in [1.54, 1.807) is 0 Å². The fourth-order valence-corrected chi connectivity index (χ4v) is 4.64. The Bertz CT molecular complexity index is 1020. The Morgan fingerprint density at radius 1 is 1.00 bits per heavy atom. The fraction of sp³-hybridized carbons (Fsp3) is 0.292. The molecule has 0 bridgehead atoms. The first-order valence-corrected chi connectivity index (χ1v) is 9.99. The van der Waals surface area contributed by atoms with E-state index in [2.05, 4.69) is 42.3 Å². The summed E-state index contributed by atoms with van der Waals surface area (Å²) in [7, 11) is 2.15. The highest BCUT2D eigenvalue weighted by molar-refractivity contribution is 5.69. The summed E-state index contributed by atoms with van der Waals surface area (Å²) in [6.45, 7) is 1.99. The Morgan fingerprint density at radius 3 is 2.50 bits per heavy atom. The maximum absolute atomic E-state index is 12.3. The number of rotatable bonds is 2. The highest BCUT2D eigenvalue weighted by Crippen LogP contribution is 2.45. The van der Waals surface area contributed by atoms with Gasteiger partial charge in [0.25, 0.3) is 0 Å². The molecule has 4 heteroatoms. The average Bonchev–Trinajstić information content (AvgIpc) is 3.13. The first kappa shape index (κ1) is 17.4. The van der Waals surface area contributed by atoms with Crippen molar-refractivity contribution in [2.24, 2.45) is 5.92 Å². The minimum absolute atomic E-state index is 0.134. The van der Waals surface area contributed by atoms with E-state index in [1.807, 2.05) is 47.3 Å². The number of hydrogen-bond donors (Lipinski definition) is 1. The number of likely N-dealkylation sites (tertiary alicyclic amines) is 1. The molecule has 0 spiro atoms. The van der Waals surface area contributed by atoms with Crippen molar-refractivity contribution in [3.05, 3.63) is 77.7 Å². The van der Waals surface area contributed by atoms with Crippen molar-refractivity contribution in [2.75, 3.05) is 20.1 Å². The summed E-state index contributed by atoms with van der Waals surface area (Å²) in [5, 5.41) is 12.3. The van der Waals surface area contributed by atoms with Crippen LogP contribution in [-0.4, -0.2) is 39.7 Å². The van der Waals surface area contributed by atoms with Gasteiger partial charge in [-0.2, -0.15) is 0 Å². The Labute approximate surface area is 165 Å². The maximum Gasteiger partial charge on any atom is 0.151 e. The van der Waals surface area contributed by atoms with Gasteiger partial charge in [0.15, 0.2) is 11.4 Å². The largest absolute Gasteiger partial charge is 0.377 e. The monoisotopic (exact) mass is 371 g/mol. The van der Waals surface area contributed by atoms with Crippen molar-refractivity contribution in [3.8, 4) is 11.3 Å². The molecule has 2 aliphatic rings. The van der Waals surface area contributed by atoms with Gasteiger partial charge in [-0.15, -0.1) is 0 Å². The summed E-state index contributed by atoms with van der Waals surface area (Å²) in [5.41, 5.74) is 2.89. The quantitative estimate of drug-likeness (QED) is 0.738. The van der Waals surface area contributed by atoms with Gasteiger partial charge < -0.3 is 14.6 Å². The van der Waals surface area contributed by atoms with Gasteiger partial charge in [0, 0.05) is 23.9 Å². The van der Waals surface area contributed by atoms with Crippen LogP contribution in [0, 0.1) is 5.92 Å². The van der Waals surface area contributed by atoms with Crippen LogP contribution in [0.1, 0.15) is 29.8 Å². The van der Waals surface area contributed by atoms with Crippen LogP contribution in [-0.2, 0) is 5.60 Å². The van der Waals surface area contributed by atoms with E-state index in [0.717, 1.165) is 54.1 Å². The van der Waals surface area contributed by atoms with E-state index in [-0.39, 0.29) is 5.92 Å². The third kappa shape index (κ3) is 2.72. The van der Waals surface area contributed by atoms with Crippen LogP contribution < -0.4 is 0 Å². The summed E-state index contributed by atoms with van der Waals surface area (Å²) >= 11 is 0. The Morgan fingerprint density at radius 2 is 1.71 bits per heavy atom. The molecule has 0 aliphatic carbocycles. The van der Waals surface area contributed by atoms with Crippen molar-refractivity contribution >= 4 is 12.3 Å². The molecule has 3 heterocycles. The lowest BCUT2D eigenvalue weighted by Gasteiger charge is -2.40. The van der Waals surface area contributed by atoms with Gasteiger partial charge in [0.1, 0.15) is 0 Å². The molecule has 142 valence electrons. The molecule has 3 aromatic rings. The summed E-state index contributed by atoms with van der Waals surface area (Å²) in [5.74, 6) is 0.858. The van der Waals surface area contributed by atoms with Crippen molar-refractivity contribution in [2.45, 2.75) is 18.4 Å². The fourth-order valence-electron chi connectivity index (χ4n) is 4.64. The van der Waals surface area contributed by atoms with Crippen molar-refractivity contribution in [3.63, 3.8) is 0 Å². The highest BCUT2D eigenvalue weighted by atomic mass is 16.3. The van der Waals surface area contributed by atoms with Gasteiger partial charge in [-0.3, -0.25) is 0 Å². The second kappa shape index (κ2) is 6.73. The van der Waals surface area contributed by atoms with Gasteiger partial charge in [0.05, 0.1) is 5.69 Å². The van der Waals surface area contributed by atoms with E-state index >= 15 is 0 Å². The Hall–Kier alpha value is -2.69. The van der Waals surface area contributed by atoms with Crippen LogP contribution in [0.2, 0.25) is 0 Å². The van der Waals surface area contributed by atoms with Gasteiger partial charge in [-0.05, 0) is 50.2 Å². The zero-order chi connectivity index (χ0) is 19.1. The lowest BCUT2D eigenvalue weighted by atomic mass is 9.74. The van der Waals surface area contributed by atoms with E-state index in [1.165, 1.54) is 0 Å². The molecule has 0 radical (unpaired) electrons. The van der Waals surface area contributed by atoms with E-state index in [4.69, 9.17) is 4.98 Å². The van der Waals surface area contributed by atoms with Crippen LogP contribution in [0.4, 0.5) is 0 Å². The van der Waals surface area contributed by atoms with Crippen molar-refractivity contribution < 1.29 is 5.11 Å². The first-order chi connectivity index (χ1) is 13.7. The number of nitrogens with zero attached hydrogens (tertiary/aromatic N) is 3. The number of fused-ring (bicyclic) bond motifs is 2. The van der Waals surface area contributed by atoms with E-state index in [9.17, 15) is 5.11 Å². The van der Waals surface area contributed by atoms with Gasteiger partial charge in [0.2, 0.25) is 0 Å². The predicted molar refractivity (Wildman–Crippen MR) is 113 cm³/mol. The van der Waals surface area contributed by atoms with E-state index < -0.39 is 5.60 Å². The van der Waals surface area contributed by atoms with Crippen molar-refractivity contribution in [1.82, 2.24) is 14.5 Å². The molecule has 28 heavy (non-hydrogen) atoms. The minimum Gasteiger partial charge on any atom is -0.377 e. The molecule has 1 saturated heterocycles. The molecular formula is C24H25N3O. The first-order valence-electron chi connectivity index (χ1n) is 9.99. The molecule has 1 unspecified atom stereocenters. The average molecular weight is 371 g/mol. The molecule has 2 aromatic carbocycles. The molecule has 1 N–H and O–H groups in total. The Balaban J connectivity index is 1.69. The van der Waals surface area contributed by atoms with Crippen molar-refractivity contribution in [1.29, 1.82) is 0 Å². The van der Waals surface area contributed by atoms with Crippen LogP contribution in [0.3, 0.4) is 0 Å². The maximum atomic E-state index is 12.3. The third-order valence-corrected chi connectivity index (χ3v) is 6.24. The van der Waals surface area contributed by atoms with Gasteiger partial charge in [-0.1, -0.05) is 54.6 Å². The molecule has 1 aromatic heterocycles. The van der Waals surface area contributed by atoms with Crippen LogP contribution in [0.5, 0.6) is 0 Å². The summed E-state index contributed by atoms with van der Waals surface area (Å²) in [6, 6.07) is 18.4. The normalized spacial score (nSPS) is 22.5. The molecule has 4 nitrogen and oxygen atoms in total. The minimum atomic E-state index is -1.10. The number of imidazole rings is 1. The second-order valence-electron chi connectivity index (χ2n) is 7.97. The number of piperidine rings is 1. The molecule has 2 aliphatic heterocycles. The number of aliphatic hydroxyl groups is 1. The second-order valence-corrected chi connectivity index (χ2v) is 7.97. The summed E-state index contributed by atoms with van der Waals surface area (Å²) < 4.78 is 2.01. The topological polar surface area (TPSA) is 41.3 Å². The zero-order valence-corrected chi connectivity index (χ0v) is 16.1. The summed E-state index contributed by atoms with van der Waals surface area (Å²) in [4.78, 5) is 7.31.